The fourth-order valence-corrected chi connectivity index (χ4v) is 3.43. The first-order valence-corrected chi connectivity index (χ1v) is 7.36. The van der Waals surface area contributed by atoms with E-state index < -0.39 is 0 Å². The largest absolute Gasteiger partial charge is 0.490 e. The molecule has 1 aliphatic carbocycles. The van der Waals surface area contributed by atoms with Crippen LogP contribution in [0.15, 0.2) is 24.3 Å². The number of ether oxygens (including phenoxy) is 1. The van der Waals surface area contributed by atoms with Crippen LogP contribution in [0.5, 0.6) is 5.75 Å². The topological polar surface area (TPSA) is 38.3 Å². The summed E-state index contributed by atoms with van der Waals surface area (Å²) in [6.45, 7) is 0. The van der Waals surface area contributed by atoms with Gasteiger partial charge in [0.05, 0.1) is 6.10 Å². The van der Waals surface area contributed by atoms with Gasteiger partial charge in [0.1, 0.15) is 5.75 Å². The van der Waals surface area contributed by atoms with Crippen molar-refractivity contribution in [2.75, 3.05) is 0 Å². The molecule has 3 heteroatoms. The van der Waals surface area contributed by atoms with Gasteiger partial charge in [-0.1, -0.05) is 12.1 Å². The van der Waals surface area contributed by atoms with Crippen molar-refractivity contribution in [1.29, 1.82) is 0 Å². The number of benzene rings is 1. The lowest BCUT2D eigenvalue weighted by atomic mass is 9.84. The van der Waals surface area contributed by atoms with Crippen molar-refractivity contribution in [1.82, 2.24) is 5.32 Å². The zero-order chi connectivity index (χ0) is 12.8. The number of hydrogen-bond acceptors (Lipinski definition) is 3. The lowest BCUT2D eigenvalue weighted by molar-refractivity contribution is 0.0900. The van der Waals surface area contributed by atoms with Gasteiger partial charge in [-0.05, 0) is 44.2 Å². The average molecular weight is 257 g/mol. The second-order valence-corrected chi connectivity index (χ2v) is 6.10. The predicted octanol–water partition coefficient (Wildman–Crippen LogP) is 2.55. The molecule has 3 nitrogen and oxygen atoms in total. The Bertz CT molecular complexity index is 509. The number of hydrogen-bond donors (Lipinski definition) is 1. The third kappa shape index (κ3) is 2.16. The fourth-order valence-electron chi connectivity index (χ4n) is 3.43. The lowest BCUT2D eigenvalue weighted by Crippen LogP contribution is -2.28. The van der Waals surface area contributed by atoms with Crippen molar-refractivity contribution in [2.24, 2.45) is 5.92 Å². The number of rotatable bonds is 4. The highest BCUT2D eigenvalue weighted by Gasteiger charge is 2.42. The highest BCUT2D eigenvalue weighted by molar-refractivity contribution is 5.99. The molecule has 3 aliphatic rings. The monoisotopic (exact) mass is 257 g/mol. The molecule has 0 spiro atoms. The van der Waals surface area contributed by atoms with Gasteiger partial charge in [-0.3, -0.25) is 4.79 Å². The van der Waals surface area contributed by atoms with Crippen LogP contribution in [-0.2, 0) is 0 Å². The highest BCUT2D eigenvalue weighted by Crippen LogP contribution is 2.36. The summed E-state index contributed by atoms with van der Waals surface area (Å²) < 4.78 is 5.77. The van der Waals surface area contributed by atoms with Crippen LogP contribution in [0.2, 0.25) is 0 Å². The van der Waals surface area contributed by atoms with E-state index in [2.05, 4.69) is 5.32 Å². The molecule has 0 amide bonds. The van der Waals surface area contributed by atoms with Gasteiger partial charge in [0, 0.05) is 23.6 Å². The summed E-state index contributed by atoms with van der Waals surface area (Å²) in [5.41, 5.74) is 0.817. The minimum absolute atomic E-state index is 0.176. The molecular weight excluding hydrogens is 238 g/mol. The van der Waals surface area contributed by atoms with E-state index in [0.29, 0.717) is 24.0 Å². The Morgan fingerprint density at radius 1 is 1.21 bits per heavy atom. The maximum atomic E-state index is 12.6. The Hall–Kier alpha value is -1.35. The standard InChI is InChI=1S/C16H19NO2/c18-16(14-9-11-4-7-15(14)17-11)10-2-1-3-13(8-10)19-12-5-6-12/h1-3,8,11-12,14-15,17H,4-7,9H2. The van der Waals surface area contributed by atoms with Gasteiger partial charge in [-0.2, -0.15) is 0 Å². The summed E-state index contributed by atoms with van der Waals surface area (Å²) in [5, 5.41) is 3.53. The SMILES string of the molecule is O=C(c1cccc(OC2CC2)c1)C1CC2CCC1N2. The Morgan fingerprint density at radius 2 is 2.11 bits per heavy atom. The fraction of sp³-hybridized carbons (Fsp3) is 0.562. The van der Waals surface area contributed by atoms with Crippen LogP contribution in [0.1, 0.15) is 42.5 Å². The second kappa shape index (κ2) is 4.34. The van der Waals surface area contributed by atoms with Crippen molar-refractivity contribution in [3.63, 3.8) is 0 Å². The van der Waals surface area contributed by atoms with Crippen LogP contribution < -0.4 is 10.1 Å². The molecule has 2 heterocycles. The normalized spacial score (nSPS) is 32.5. The summed E-state index contributed by atoms with van der Waals surface area (Å²) in [7, 11) is 0. The maximum absolute atomic E-state index is 12.6. The average Bonchev–Trinajstić information content (AvgIpc) is 3.01. The second-order valence-electron chi connectivity index (χ2n) is 6.10. The Balaban J connectivity index is 1.52. The van der Waals surface area contributed by atoms with Gasteiger partial charge in [0.15, 0.2) is 5.78 Å². The first kappa shape index (κ1) is 11.5. The Morgan fingerprint density at radius 3 is 2.79 bits per heavy atom. The zero-order valence-electron chi connectivity index (χ0n) is 11.0. The Kier molecular flexibility index (Phi) is 2.62. The summed E-state index contributed by atoms with van der Waals surface area (Å²) in [6, 6.07) is 8.72. The summed E-state index contributed by atoms with van der Waals surface area (Å²) in [5.74, 6) is 1.32. The minimum atomic E-state index is 0.176. The van der Waals surface area contributed by atoms with Crippen LogP contribution in [0.3, 0.4) is 0 Å². The maximum Gasteiger partial charge on any atom is 0.167 e. The van der Waals surface area contributed by atoms with Gasteiger partial charge < -0.3 is 10.1 Å². The van der Waals surface area contributed by atoms with Gasteiger partial charge in [0.2, 0.25) is 0 Å². The molecule has 1 saturated carbocycles. The van der Waals surface area contributed by atoms with Crippen LogP contribution in [-0.4, -0.2) is 24.0 Å². The number of carbonyl (C=O) groups excluding carboxylic acids is 1. The highest BCUT2D eigenvalue weighted by atomic mass is 16.5. The van der Waals surface area contributed by atoms with E-state index >= 15 is 0 Å². The molecule has 3 atom stereocenters. The van der Waals surface area contributed by atoms with Crippen molar-refractivity contribution < 1.29 is 9.53 Å². The van der Waals surface area contributed by atoms with E-state index in [1.54, 1.807) is 0 Å². The van der Waals surface area contributed by atoms with E-state index in [0.717, 1.165) is 37.0 Å². The first-order chi connectivity index (χ1) is 9.29. The molecule has 3 unspecified atom stereocenters. The third-order valence-electron chi connectivity index (χ3n) is 4.58. The number of carbonyl (C=O) groups is 1. The van der Waals surface area contributed by atoms with Gasteiger partial charge in [0.25, 0.3) is 0 Å². The molecule has 2 saturated heterocycles. The zero-order valence-corrected chi connectivity index (χ0v) is 11.0. The van der Waals surface area contributed by atoms with Crippen molar-refractivity contribution >= 4 is 5.78 Å². The third-order valence-corrected chi connectivity index (χ3v) is 4.58. The lowest BCUT2D eigenvalue weighted by Gasteiger charge is -2.19. The molecular formula is C16H19NO2. The van der Waals surface area contributed by atoms with Crippen LogP contribution >= 0.6 is 0 Å². The molecule has 19 heavy (non-hydrogen) atoms. The van der Waals surface area contributed by atoms with E-state index in [9.17, 15) is 4.79 Å². The molecule has 3 fully saturated rings. The number of Topliss-reactive ketones (excluding diaryl/α,β-unsaturated/α-hetero) is 1. The summed E-state index contributed by atoms with van der Waals surface area (Å²) in [6.07, 6.45) is 6.08. The van der Waals surface area contributed by atoms with E-state index in [1.807, 2.05) is 24.3 Å². The van der Waals surface area contributed by atoms with E-state index in [1.165, 1.54) is 6.42 Å². The number of fused-ring (bicyclic) bond motifs is 2. The smallest absolute Gasteiger partial charge is 0.167 e. The van der Waals surface area contributed by atoms with E-state index in [4.69, 9.17) is 4.74 Å². The summed E-state index contributed by atoms with van der Waals surface area (Å²) >= 11 is 0. The van der Waals surface area contributed by atoms with Gasteiger partial charge in [-0.25, -0.2) is 0 Å². The molecule has 2 aliphatic heterocycles. The number of ketones is 1. The van der Waals surface area contributed by atoms with Crippen LogP contribution in [0.25, 0.3) is 0 Å². The van der Waals surface area contributed by atoms with Gasteiger partial charge >= 0.3 is 0 Å². The Labute approximate surface area is 113 Å². The minimum Gasteiger partial charge on any atom is -0.490 e. The van der Waals surface area contributed by atoms with Crippen molar-refractivity contribution in [2.45, 2.75) is 50.3 Å². The number of nitrogens with one attached hydrogen (secondary N) is 1. The van der Waals surface area contributed by atoms with Crippen LogP contribution in [0, 0.1) is 5.92 Å². The quantitative estimate of drug-likeness (QED) is 0.842. The molecule has 4 rings (SSSR count). The molecule has 1 N–H and O–H groups in total. The molecule has 100 valence electrons. The molecule has 0 aromatic heterocycles. The predicted molar refractivity (Wildman–Crippen MR) is 72.5 cm³/mol. The molecule has 2 bridgehead atoms. The van der Waals surface area contributed by atoms with Gasteiger partial charge in [-0.15, -0.1) is 0 Å². The van der Waals surface area contributed by atoms with Crippen molar-refractivity contribution in [3.05, 3.63) is 29.8 Å². The summed E-state index contributed by atoms with van der Waals surface area (Å²) in [4.78, 5) is 12.6. The van der Waals surface area contributed by atoms with Crippen molar-refractivity contribution in [3.8, 4) is 5.75 Å². The van der Waals surface area contributed by atoms with Crippen LogP contribution in [0.4, 0.5) is 0 Å². The molecule has 0 radical (unpaired) electrons. The molecule has 1 aromatic rings. The van der Waals surface area contributed by atoms with E-state index in [-0.39, 0.29) is 5.92 Å². The molecule has 1 aromatic carbocycles. The first-order valence-electron chi connectivity index (χ1n) is 7.36.